The van der Waals surface area contributed by atoms with Crippen LogP contribution in [0.2, 0.25) is 0 Å². The summed E-state index contributed by atoms with van der Waals surface area (Å²) in [6.45, 7) is 0.225. The summed E-state index contributed by atoms with van der Waals surface area (Å²) < 4.78 is 37.0. The summed E-state index contributed by atoms with van der Waals surface area (Å²) in [6, 6.07) is 1.24. The van der Waals surface area contributed by atoms with E-state index in [-0.39, 0.29) is 6.54 Å². The van der Waals surface area contributed by atoms with Gasteiger partial charge in [0.25, 0.3) is 0 Å². The lowest BCUT2D eigenvalue weighted by atomic mass is 9.96. The molecule has 0 saturated carbocycles. The van der Waals surface area contributed by atoms with E-state index in [1.54, 1.807) is 0 Å². The van der Waals surface area contributed by atoms with Crippen molar-refractivity contribution in [3.05, 3.63) is 0 Å². The van der Waals surface area contributed by atoms with Crippen molar-refractivity contribution in [2.45, 2.75) is 19.0 Å². The van der Waals surface area contributed by atoms with Crippen LogP contribution < -0.4 is 0 Å². The first-order valence-corrected chi connectivity index (χ1v) is 5.26. The fraction of sp³-hybridized carbons (Fsp3) is 0.800. The quantitative estimate of drug-likeness (QED) is 0.824. The van der Waals surface area contributed by atoms with Gasteiger partial charge in [-0.05, 0) is 25.9 Å². The van der Waals surface area contributed by atoms with Gasteiger partial charge in [0.05, 0.1) is 12.0 Å². The molecule has 96 valence electrons. The van der Waals surface area contributed by atoms with Crippen molar-refractivity contribution < 1.29 is 23.1 Å². The Morgan fingerprint density at radius 1 is 1.47 bits per heavy atom. The number of alkyl halides is 3. The first-order chi connectivity index (χ1) is 7.84. The number of hydrogen-bond acceptors (Lipinski definition) is 3. The molecule has 0 aromatic carbocycles. The van der Waals surface area contributed by atoms with Gasteiger partial charge < -0.3 is 10.0 Å². The summed E-state index contributed by atoms with van der Waals surface area (Å²) in [5.41, 5.74) is 0. The second-order valence-electron chi connectivity index (χ2n) is 4.14. The number of hydrogen-bond donors (Lipinski definition) is 1. The molecule has 0 aliphatic carbocycles. The van der Waals surface area contributed by atoms with Gasteiger partial charge in [0.15, 0.2) is 5.92 Å². The van der Waals surface area contributed by atoms with Crippen LogP contribution in [0.1, 0.15) is 12.8 Å². The predicted octanol–water partition coefficient (Wildman–Crippen LogP) is 1.49. The highest BCUT2D eigenvalue weighted by atomic mass is 19.4. The smallest absolute Gasteiger partial charge is 0.405 e. The van der Waals surface area contributed by atoms with Crippen molar-refractivity contribution in [3.63, 3.8) is 0 Å². The third-order valence-electron chi connectivity index (χ3n) is 2.93. The van der Waals surface area contributed by atoms with E-state index in [0.29, 0.717) is 25.9 Å². The zero-order valence-electron chi connectivity index (χ0n) is 9.07. The first kappa shape index (κ1) is 13.8. The van der Waals surface area contributed by atoms with E-state index in [9.17, 15) is 18.0 Å². The summed E-state index contributed by atoms with van der Waals surface area (Å²) in [4.78, 5) is 12.1. The summed E-state index contributed by atoms with van der Waals surface area (Å²) in [7, 11) is 0. The highest BCUT2D eigenvalue weighted by Gasteiger charge is 2.41. The van der Waals surface area contributed by atoms with Crippen LogP contribution in [0.25, 0.3) is 0 Å². The number of aliphatic carboxylic acids is 1. The molecule has 0 amide bonds. The molecule has 1 saturated heterocycles. The second kappa shape index (κ2) is 5.36. The minimum Gasteiger partial charge on any atom is -0.481 e. The number of nitriles is 1. The largest absolute Gasteiger partial charge is 0.481 e. The van der Waals surface area contributed by atoms with Gasteiger partial charge in [-0.25, -0.2) is 0 Å². The number of halogens is 3. The Kier molecular flexibility index (Phi) is 4.34. The molecule has 0 spiro atoms. The molecule has 1 atom stereocenters. The van der Waals surface area contributed by atoms with E-state index in [1.165, 1.54) is 11.0 Å². The standard InChI is InChI=1S/C10H13F3N2O2/c11-10(12,13)8(5-14)6-15-3-1-7(2-4-15)9(16)17/h7-8H,1-4,6H2,(H,16,17). The van der Waals surface area contributed by atoms with Gasteiger partial charge in [0.1, 0.15) is 0 Å². The van der Waals surface area contributed by atoms with Crippen molar-refractivity contribution in [1.82, 2.24) is 4.90 Å². The van der Waals surface area contributed by atoms with Crippen LogP contribution in [-0.2, 0) is 4.79 Å². The Balaban J connectivity index is 2.45. The number of carbonyl (C=O) groups is 1. The van der Waals surface area contributed by atoms with Gasteiger partial charge >= 0.3 is 12.1 Å². The molecule has 17 heavy (non-hydrogen) atoms. The van der Waals surface area contributed by atoms with Gasteiger partial charge in [-0.3, -0.25) is 4.79 Å². The molecule has 4 nitrogen and oxygen atoms in total. The number of piperidine rings is 1. The molecule has 1 aliphatic rings. The van der Waals surface area contributed by atoms with Crippen LogP contribution in [0.4, 0.5) is 13.2 Å². The normalized spacial score (nSPS) is 20.8. The Hall–Kier alpha value is -1.29. The van der Waals surface area contributed by atoms with E-state index < -0.39 is 24.0 Å². The molecule has 0 aromatic heterocycles. The molecule has 1 rings (SSSR count). The predicted molar refractivity (Wildman–Crippen MR) is 52.0 cm³/mol. The summed E-state index contributed by atoms with van der Waals surface area (Å²) >= 11 is 0. The highest BCUT2D eigenvalue weighted by molar-refractivity contribution is 5.70. The lowest BCUT2D eigenvalue weighted by Crippen LogP contribution is -2.41. The lowest BCUT2D eigenvalue weighted by Gasteiger charge is -2.31. The summed E-state index contributed by atoms with van der Waals surface area (Å²) in [5.74, 6) is -3.38. The Morgan fingerprint density at radius 3 is 2.35 bits per heavy atom. The molecular weight excluding hydrogens is 237 g/mol. The van der Waals surface area contributed by atoms with Crippen LogP contribution >= 0.6 is 0 Å². The maximum atomic E-state index is 12.3. The van der Waals surface area contributed by atoms with Crippen LogP contribution in [0.3, 0.4) is 0 Å². The average molecular weight is 250 g/mol. The summed E-state index contributed by atoms with van der Waals surface area (Å²) in [5, 5.41) is 17.2. The fourth-order valence-corrected chi connectivity index (χ4v) is 1.84. The van der Waals surface area contributed by atoms with Gasteiger partial charge in [-0.2, -0.15) is 18.4 Å². The van der Waals surface area contributed by atoms with E-state index >= 15 is 0 Å². The van der Waals surface area contributed by atoms with Gasteiger partial charge in [0.2, 0.25) is 0 Å². The van der Waals surface area contributed by atoms with E-state index in [1.807, 2.05) is 0 Å². The molecule has 1 aliphatic heterocycles. The molecule has 0 bridgehead atoms. The number of rotatable bonds is 3. The Morgan fingerprint density at radius 2 is 2.00 bits per heavy atom. The van der Waals surface area contributed by atoms with Crippen molar-refractivity contribution in [2.75, 3.05) is 19.6 Å². The van der Waals surface area contributed by atoms with E-state index in [0.717, 1.165) is 0 Å². The van der Waals surface area contributed by atoms with Crippen LogP contribution in [-0.4, -0.2) is 41.8 Å². The minimum absolute atomic E-state index is 0.297. The first-order valence-electron chi connectivity index (χ1n) is 5.26. The molecule has 0 aromatic rings. The van der Waals surface area contributed by atoms with E-state index in [4.69, 9.17) is 10.4 Å². The van der Waals surface area contributed by atoms with Crippen LogP contribution in [0.15, 0.2) is 0 Å². The third kappa shape index (κ3) is 3.89. The molecule has 1 unspecified atom stereocenters. The summed E-state index contributed by atoms with van der Waals surface area (Å²) in [6.07, 6.45) is -3.84. The molecule has 1 N–H and O–H groups in total. The van der Waals surface area contributed by atoms with Crippen molar-refractivity contribution >= 4 is 5.97 Å². The monoisotopic (exact) mass is 250 g/mol. The zero-order valence-corrected chi connectivity index (χ0v) is 9.07. The molecular formula is C10H13F3N2O2. The Labute approximate surface area is 96.6 Å². The van der Waals surface area contributed by atoms with Gasteiger partial charge in [0, 0.05) is 6.54 Å². The van der Waals surface area contributed by atoms with Crippen molar-refractivity contribution in [1.29, 1.82) is 5.26 Å². The molecule has 0 radical (unpaired) electrons. The van der Waals surface area contributed by atoms with Crippen molar-refractivity contribution in [3.8, 4) is 6.07 Å². The lowest BCUT2D eigenvalue weighted by molar-refractivity contribution is -0.164. The van der Waals surface area contributed by atoms with E-state index in [2.05, 4.69) is 0 Å². The number of carboxylic acids is 1. The minimum atomic E-state index is -4.52. The topological polar surface area (TPSA) is 64.3 Å². The maximum Gasteiger partial charge on any atom is 0.405 e. The SMILES string of the molecule is N#CC(CN1CCC(C(=O)O)CC1)C(F)(F)F. The number of likely N-dealkylation sites (tertiary alicyclic amines) is 1. The molecule has 1 heterocycles. The Bertz CT molecular complexity index is 316. The maximum absolute atomic E-state index is 12.3. The molecule has 7 heteroatoms. The highest BCUT2D eigenvalue weighted by Crippen LogP contribution is 2.27. The number of nitrogens with zero attached hydrogens (tertiary/aromatic N) is 2. The van der Waals surface area contributed by atoms with Gasteiger partial charge in [-0.15, -0.1) is 0 Å². The average Bonchev–Trinajstić information content (AvgIpc) is 2.24. The van der Waals surface area contributed by atoms with Crippen LogP contribution in [0, 0.1) is 23.2 Å². The number of carboxylic acid groups (broad SMARTS) is 1. The van der Waals surface area contributed by atoms with Gasteiger partial charge in [-0.1, -0.05) is 0 Å². The molecule has 1 fully saturated rings. The van der Waals surface area contributed by atoms with Crippen LogP contribution in [0.5, 0.6) is 0 Å². The fourth-order valence-electron chi connectivity index (χ4n) is 1.84. The zero-order chi connectivity index (χ0) is 13.1. The third-order valence-corrected chi connectivity index (χ3v) is 2.93. The second-order valence-corrected chi connectivity index (χ2v) is 4.14. The van der Waals surface area contributed by atoms with Crippen molar-refractivity contribution in [2.24, 2.45) is 11.8 Å².